The Kier molecular flexibility index (Phi) is 18.2. The maximum Gasteiger partial charge on any atom is 0.186 e. The molecule has 8 N–H and O–H groups in total. The summed E-state index contributed by atoms with van der Waals surface area (Å²) in [6.45, 7) is 2.04. The van der Waals surface area contributed by atoms with Crippen molar-refractivity contribution in [3.05, 3.63) is 124 Å². The lowest BCUT2D eigenvalue weighted by atomic mass is 9.81. The van der Waals surface area contributed by atoms with Gasteiger partial charge in [-0.3, -0.25) is 9.59 Å². The van der Waals surface area contributed by atoms with Gasteiger partial charge >= 0.3 is 0 Å². The highest BCUT2D eigenvalue weighted by molar-refractivity contribution is 6.07. The summed E-state index contributed by atoms with van der Waals surface area (Å²) >= 11 is 0. The number of ketones is 2. The van der Waals surface area contributed by atoms with Gasteiger partial charge in [-0.2, -0.15) is 0 Å². The van der Waals surface area contributed by atoms with E-state index in [0.717, 1.165) is 88.1 Å². The fraction of sp³-hybridized carbons (Fsp3) is 0.458. The third kappa shape index (κ3) is 14.1. The van der Waals surface area contributed by atoms with Crippen LogP contribution in [0.4, 0.5) is 0 Å². The number of benzene rings is 3. The number of unbranched alkanes of at least 4 members (excludes halogenated alkanes) is 2. The van der Waals surface area contributed by atoms with Crippen LogP contribution in [-0.4, -0.2) is 73.1 Å². The number of allylic oxidation sites excluding steroid dienone is 3. The summed E-state index contributed by atoms with van der Waals surface area (Å²) in [5, 5.41) is 40.9. The lowest BCUT2D eigenvalue weighted by Gasteiger charge is -2.30. The summed E-state index contributed by atoms with van der Waals surface area (Å²) in [7, 11) is 2.01. The number of Topliss-reactive ketones (excluding diaryl/α,β-unsaturated/α-hetero) is 1. The quantitative estimate of drug-likeness (QED) is 0.0245. The molecule has 1 fully saturated rings. The van der Waals surface area contributed by atoms with Gasteiger partial charge in [0.2, 0.25) is 0 Å². The first kappa shape index (κ1) is 44.5. The van der Waals surface area contributed by atoms with Crippen LogP contribution >= 0.6 is 0 Å². The minimum Gasteiger partial charge on any atom is -0.504 e. The third-order valence-corrected chi connectivity index (χ3v) is 11.5. The van der Waals surface area contributed by atoms with Gasteiger partial charge in [-0.25, -0.2) is 0 Å². The second kappa shape index (κ2) is 23.7. The van der Waals surface area contributed by atoms with Crippen molar-refractivity contribution in [1.29, 1.82) is 0 Å². The molecule has 1 unspecified atom stereocenters. The summed E-state index contributed by atoms with van der Waals surface area (Å²) in [5.74, 6) is 0.695. The van der Waals surface area contributed by atoms with E-state index >= 15 is 0 Å². The van der Waals surface area contributed by atoms with Gasteiger partial charge in [0, 0.05) is 12.6 Å². The number of phenols is 1. The first-order valence-corrected chi connectivity index (χ1v) is 21.1. The van der Waals surface area contributed by atoms with Crippen LogP contribution in [0, 0.1) is 11.8 Å². The van der Waals surface area contributed by atoms with E-state index in [1.165, 1.54) is 47.7 Å². The second-order valence-electron chi connectivity index (χ2n) is 15.8. The molecule has 3 aromatic carbocycles. The predicted molar refractivity (Wildman–Crippen MR) is 231 cm³/mol. The fourth-order valence-electron chi connectivity index (χ4n) is 8.39. The Labute approximate surface area is 344 Å². The average Bonchev–Trinajstić information content (AvgIpc) is 3.23. The third-order valence-electron chi connectivity index (χ3n) is 11.5. The lowest BCUT2D eigenvalue weighted by Crippen LogP contribution is -2.35. The molecule has 312 valence electrons. The number of hydrogen-bond acceptors (Lipinski definition) is 10. The Hall–Kier alpha value is -4.58. The minimum atomic E-state index is -0.667. The van der Waals surface area contributed by atoms with Gasteiger partial charge in [0.15, 0.2) is 24.1 Å². The smallest absolute Gasteiger partial charge is 0.186 e. The Balaban J connectivity index is 1.21. The number of ether oxygens (including phenoxy) is 1. The van der Waals surface area contributed by atoms with E-state index in [2.05, 4.69) is 64.5 Å². The number of piperidine rings is 1. The molecule has 0 amide bonds. The Morgan fingerprint density at radius 2 is 1.64 bits per heavy atom. The van der Waals surface area contributed by atoms with Gasteiger partial charge < -0.3 is 41.7 Å². The molecule has 3 aromatic rings. The van der Waals surface area contributed by atoms with Crippen LogP contribution in [0.1, 0.15) is 85.6 Å². The predicted octanol–water partition coefficient (Wildman–Crippen LogP) is 6.07. The first-order chi connectivity index (χ1) is 28.3. The first-order valence-electron chi connectivity index (χ1n) is 21.1. The number of aliphatic hydroxyl groups excluding tert-OH is 2. The van der Waals surface area contributed by atoms with Crippen LogP contribution in [0.5, 0.6) is 11.5 Å². The largest absolute Gasteiger partial charge is 0.504 e. The van der Waals surface area contributed by atoms with E-state index in [9.17, 15) is 24.9 Å². The van der Waals surface area contributed by atoms with Gasteiger partial charge in [0.05, 0.1) is 19.2 Å². The average molecular weight is 793 g/mol. The maximum absolute atomic E-state index is 13.3. The topological polar surface area (TPSA) is 166 Å². The van der Waals surface area contributed by atoms with Crippen molar-refractivity contribution in [3.8, 4) is 11.5 Å². The molecule has 0 aromatic heterocycles. The second-order valence-corrected chi connectivity index (χ2v) is 15.8. The molecule has 58 heavy (non-hydrogen) atoms. The van der Waals surface area contributed by atoms with Crippen LogP contribution in [-0.2, 0) is 35.3 Å². The number of nitrogens with one attached hydrogen (secondary N) is 3. The molecule has 0 bridgehead atoms. The van der Waals surface area contributed by atoms with Crippen LogP contribution < -0.4 is 26.4 Å². The maximum atomic E-state index is 13.3. The van der Waals surface area contributed by atoms with Gasteiger partial charge in [-0.1, -0.05) is 67.4 Å². The van der Waals surface area contributed by atoms with Crippen molar-refractivity contribution in [2.75, 3.05) is 40.1 Å². The van der Waals surface area contributed by atoms with E-state index in [0.29, 0.717) is 35.5 Å². The standard InChI is InChI=1S/C48H64N4O6/c1-50-30-39(37-19-21-51-22-20-37)13-6-3-7-14-43(55)28-44(56)25-42(32-53)45-29-47(58-33-54)46(57)26-40(45)24-41-31-52-48(49)27-38(41)18-17-36-12-8-11-35(23-36)16-15-34-9-4-2-5-10-34/h2,4-5,8-12,23,25-27,29,31,37,39,48,50-54,57H,3,6-7,13-22,24,28,30,32-33,49H2,1H3/b42-25+/t39-,48?/m0/s1. The molecule has 0 aliphatic carbocycles. The molecule has 10 heteroatoms. The minimum absolute atomic E-state index is 0.0157. The Morgan fingerprint density at radius 3 is 2.36 bits per heavy atom. The molecular formula is C48H64N4O6. The van der Waals surface area contributed by atoms with Gasteiger partial charge in [-0.15, -0.1) is 0 Å². The van der Waals surface area contributed by atoms with Crippen molar-refractivity contribution in [2.45, 2.75) is 89.6 Å². The molecule has 0 saturated carbocycles. The Morgan fingerprint density at radius 1 is 0.914 bits per heavy atom. The molecule has 0 radical (unpaired) electrons. The number of aromatic hydroxyl groups is 1. The highest BCUT2D eigenvalue weighted by Crippen LogP contribution is 2.36. The molecule has 2 atom stereocenters. The van der Waals surface area contributed by atoms with Gasteiger partial charge in [0.25, 0.3) is 0 Å². The molecule has 0 spiro atoms. The van der Waals surface area contributed by atoms with Crippen molar-refractivity contribution in [2.24, 2.45) is 17.6 Å². The van der Waals surface area contributed by atoms with Crippen molar-refractivity contribution >= 4 is 17.1 Å². The number of hydrogen-bond donors (Lipinski definition) is 7. The van der Waals surface area contributed by atoms with E-state index in [1.54, 1.807) is 0 Å². The number of aryl methyl sites for hydroxylation is 3. The number of phenolic OH excluding ortho intramolecular Hbond substituents is 1. The van der Waals surface area contributed by atoms with E-state index in [-0.39, 0.29) is 29.9 Å². The van der Waals surface area contributed by atoms with E-state index in [4.69, 9.17) is 10.5 Å². The molecular weight excluding hydrogens is 729 g/mol. The zero-order valence-corrected chi connectivity index (χ0v) is 34.2. The van der Waals surface area contributed by atoms with E-state index < -0.39 is 19.2 Å². The fourth-order valence-corrected chi connectivity index (χ4v) is 8.39. The SMILES string of the molecule is CNC[C@H](CCCCCC(=O)CC(=O)/C=C(\CO)c1cc(OCO)c(O)cc1CC1=CNC(N)C=C1CCc1cccc(CCc2ccccc2)c1)C1CCNCC1. The van der Waals surface area contributed by atoms with Crippen molar-refractivity contribution in [3.63, 3.8) is 0 Å². The van der Waals surface area contributed by atoms with Crippen LogP contribution in [0.25, 0.3) is 5.57 Å². The van der Waals surface area contributed by atoms with Crippen molar-refractivity contribution < 1.29 is 29.6 Å². The molecule has 2 aliphatic heterocycles. The number of carbonyl (C=O) groups excluding carboxylic acids is 2. The Bertz CT molecular complexity index is 1870. The normalized spacial score (nSPS) is 16.6. The van der Waals surface area contributed by atoms with Crippen molar-refractivity contribution in [1.82, 2.24) is 16.0 Å². The zero-order valence-electron chi connectivity index (χ0n) is 34.2. The summed E-state index contributed by atoms with van der Waals surface area (Å²) in [4.78, 5) is 26.2. The molecule has 2 aliphatic rings. The van der Waals surface area contributed by atoms with Crippen LogP contribution in [0.3, 0.4) is 0 Å². The molecule has 2 heterocycles. The van der Waals surface area contributed by atoms with Crippen LogP contribution in [0.15, 0.2) is 96.2 Å². The highest BCUT2D eigenvalue weighted by Gasteiger charge is 2.23. The summed E-state index contributed by atoms with van der Waals surface area (Å²) < 4.78 is 5.28. The number of nitrogens with two attached hydrogens (primary N) is 1. The highest BCUT2D eigenvalue weighted by atomic mass is 16.6. The zero-order chi connectivity index (χ0) is 41.1. The molecule has 10 nitrogen and oxygen atoms in total. The van der Waals surface area contributed by atoms with E-state index in [1.807, 2.05) is 25.4 Å². The summed E-state index contributed by atoms with van der Waals surface area (Å²) in [6, 6.07) is 22.2. The van der Waals surface area contributed by atoms with Crippen LogP contribution in [0.2, 0.25) is 0 Å². The number of dihydropyridines is 1. The lowest BCUT2D eigenvalue weighted by molar-refractivity contribution is -0.124. The number of carbonyl (C=O) groups is 2. The number of aliphatic hydroxyl groups is 2. The van der Waals surface area contributed by atoms with Gasteiger partial charge in [0.1, 0.15) is 5.78 Å². The summed E-state index contributed by atoms with van der Waals surface area (Å²) in [6.07, 6.45) is 15.1. The monoisotopic (exact) mass is 792 g/mol. The summed E-state index contributed by atoms with van der Waals surface area (Å²) in [5.41, 5.74) is 13.6. The number of rotatable bonds is 24. The molecule has 5 rings (SSSR count). The molecule has 1 saturated heterocycles. The van der Waals surface area contributed by atoms with Gasteiger partial charge in [-0.05, 0) is 165 Å².